The maximum Gasteiger partial charge on any atom is 0.343 e. The standard InChI is InChI=1S/C19H23ClN4O4/c1-12-5-7-14(8-6-12)10-24-18(20)17(13(2)22-24)19(27)28-11-15(25)21-9-16(26)23(3)4/h5-8H,9-11H2,1-4H3,(H,21,25). The third-order valence-corrected chi connectivity index (χ3v) is 4.38. The average Bonchev–Trinajstić information content (AvgIpc) is 2.92. The van der Waals surface area contributed by atoms with Crippen LogP contribution >= 0.6 is 11.6 Å². The fourth-order valence-electron chi connectivity index (χ4n) is 2.34. The minimum Gasteiger partial charge on any atom is -0.452 e. The van der Waals surface area contributed by atoms with Crippen LogP contribution in [0.5, 0.6) is 0 Å². The first kappa shape index (κ1) is 21.4. The van der Waals surface area contributed by atoms with Gasteiger partial charge in [-0.3, -0.25) is 9.59 Å². The van der Waals surface area contributed by atoms with Crippen molar-refractivity contribution in [3.63, 3.8) is 0 Å². The number of nitrogens with one attached hydrogen (secondary N) is 1. The number of nitrogens with zero attached hydrogens (tertiary/aromatic N) is 3. The first-order valence-corrected chi connectivity index (χ1v) is 8.99. The average molecular weight is 407 g/mol. The second-order valence-electron chi connectivity index (χ2n) is 6.54. The van der Waals surface area contributed by atoms with Gasteiger partial charge in [-0.2, -0.15) is 5.10 Å². The van der Waals surface area contributed by atoms with E-state index in [0.29, 0.717) is 12.2 Å². The Morgan fingerprint density at radius 1 is 1.18 bits per heavy atom. The highest BCUT2D eigenvalue weighted by atomic mass is 35.5. The van der Waals surface area contributed by atoms with E-state index < -0.39 is 18.5 Å². The van der Waals surface area contributed by atoms with Gasteiger partial charge >= 0.3 is 5.97 Å². The number of ether oxygens (including phenoxy) is 1. The van der Waals surface area contributed by atoms with E-state index in [0.717, 1.165) is 11.1 Å². The van der Waals surface area contributed by atoms with Crippen molar-refractivity contribution in [2.24, 2.45) is 0 Å². The molecule has 1 aromatic heterocycles. The number of likely N-dealkylation sites (N-methyl/N-ethyl adjacent to an activating group) is 1. The number of aromatic nitrogens is 2. The molecule has 9 heteroatoms. The SMILES string of the molecule is Cc1ccc(Cn2nc(C)c(C(=O)OCC(=O)NCC(=O)N(C)C)c2Cl)cc1. The highest BCUT2D eigenvalue weighted by Gasteiger charge is 2.22. The largest absolute Gasteiger partial charge is 0.452 e. The Bertz CT molecular complexity index is 875. The van der Waals surface area contributed by atoms with E-state index in [2.05, 4.69) is 10.4 Å². The van der Waals surface area contributed by atoms with Gasteiger partial charge in [0, 0.05) is 14.1 Å². The third kappa shape index (κ3) is 5.56. The van der Waals surface area contributed by atoms with E-state index in [1.165, 1.54) is 9.58 Å². The molecule has 0 saturated heterocycles. The van der Waals surface area contributed by atoms with Crippen molar-refractivity contribution < 1.29 is 19.1 Å². The molecule has 1 N–H and O–H groups in total. The summed E-state index contributed by atoms with van der Waals surface area (Å²) >= 11 is 6.31. The van der Waals surface area contributed by atoms with E-state index in [9.17, 15) is 14.4 Å². The second-order valence-corrected chi connectivity index (χ2v) is 6.89. The molecule has 150 valence electrons. The molecule has 0 fully saturated rings. The minimum atomic E-state index is -0.744. The molecule has 1 aromatic carbocycles. The van der Waals surface area contributed by atoms with Crippen LogP contribution in [0.3, 0.4) is 0 Å². The molecule has 0 spiro atoms. The number of carbonyl (C=O) groups is 3. The van der Waals surface area contributed by atoms with Crippen LogP contribution in [-0.4, -0.2) is 59.7 Å². The Balaban J connectivity index is 1.98. The predicted octanol–water partition coefficient (Wildman–Crippen LogP) is 1.56. The molecule has 0 unspecified atom stereocenters. The van der Waals surface area contributed by atoms with Crippen LogP contribution in [0.4, 0.5) is 0 Å². The van der Waals surface area contributed by atoms with E-state index >= 15 is 0 Å². The van der Waals surface area contributed by atoms with Crippen LogP contribution in [0.2, 0.25) is 5.15 Å². The number of benzene rings is 1. The van der Waals surface area contributed by atoms with Crippen molar-refractivity contribution in [1.29, 1.82) is 0 Å². The summed E-state index contributed by atoms with van der Waals surface area (Å²) in [6.45, 7) is 3.36. The van der Waals surface area contributed by atoms with Crippen molar-refractivity contribution in [3.05, 3.63) is 51.8 Å². The lowest BCUT2D eigenvalue weighted by atomic mass is 10.1. The van der Waals surface area contributed by atoms with Gasteiger partial charge in [0.2, 0.25) is 5.91 Å². The van der Waals surface area contributed by atoms with E-state index in [4.69, 9.17) is 16.3 Å². The zero-order valence-electron chi connectivity index (χ0n) is 16.3. The molecule has 0 aliphatic carbocycles. The fourth-order valence-corrected chi connectivity index (χ4v) is 2.65. The highest BCUT2D eigenvalue weighted by Crippen LogP contribution is 2.22. The summed E-state index contributed by atoms with van der Waals surface area (Å²) in [7, 11) is 3.15. The smallest absolute Gasteiger partial charge is 0.343 e. The zero-order chi connectivity index (χ0) is 20.8. The summed E-state index contributed by atoms with van der Waals surface area (Å²) in [4.78, 5) is 36.9. The van der Waals surface area contributed by atoms with Gasteiger partial charge in [0.25, 0.3) is 5.91 Å². The van der Waals surface area contributed by atoms with E-state index in [-0.39, 0.29) is 23.2 Å². The first-order valence-electron chi connectivity index (χ1n) is 8.61. The Kier molecular flexibility index (Phi) is 7.17. The van der Waals surface area contributed by atoms with Crippen LogP contribution in [0, 0.1) is 13.8 Å². The van der Waals surface area contributed by atoms with Gasteiger partial charge in [-0.15, -0.1) is 0 Å². The molecule has 28 heavy (non-hydrogen) atoms. The van der Waals surface area contributed by atoms with Gasteiger partial charge in [0.15, 0.2) is 6.61 Å². The molecule has 2 amide bonds. The molecule has 2 rings (SSSR count). The molecular formula is C19H23ClN4O4. The number of amides is 2. The van der Waals surface area contributed by atoms with Gasteiger partial charge in [-0.25, -0.2) is 9.48 Å². The Morgan fingerprint density at radius 3 is 2.43 bits per heavy atom. The molecule has 0 radical (unpaired) electrons. The topological polar surface area (TPSA) is 93.5 Å². The molecule has 0 aliphatic rings. The molecule has 8 nitrogen and oxygen atoms in total. The van der Waals surface area contributed by atoms with Gasteiger partial charge in [-0.1, -0.05) is 41.4 Å². The van der Waals surface area contributed by atoms with Gasteiger partial charge < -0.3 is 15.0 Å². The monoisotopic (exact) mass is 406 g/mol. The molecule has 0 saturated carbocycles. The quantitative estimate of drug-likeness (QED) is 0.704. The summed E-state index contributed by atoms with van der Waals surface area (Å²) in [5.41, 5.74) is 2.65. The van der Waals surface area contributed by atoms with Crippen molar-refractivity contribution in [1.82, 2.24) is 20.0 Å². The number of carbonyl (C=O) groups excluding carboxylic acids is 3. The zero-order valence-corrected chi connectivity index (χ0v) is 17.0. The highest BCUT2D eigenvalue weighted by molar-refractivity contribution is 6.32. The molecule has 2 aromatic rings. The summed E-state index contributed by atoms with van der Waals surface area (Å²) < 4.78 is 6.52. The number of esters is 1. The van der Waals surface area contributed by atoms with Gasteiger partial charge in [-0.05, 0) is 19.4 Å². The van der Waals surface area contributed by atoms with Gasteiger partial charge in [0.05, 0.1) is 18.8 Å². The van der Waals surface area contributed by atoms with Gasteiger partial charge in [0.1, 0.15) is 10.7 Å². The van der Waals surface area contributed by atoms with Crippen LogP contribution < -0.4 is 5.32 Å². The molecular weight excluding hydrogens is 384 g/mol. The normalized spacial score (nSPS) is 10.5. The lowest BCUT2D eigenvalue weighted by Crippen LogP contribution is -2.38. The molecule has 1 heterocycles. The summed E-state index contributed by atoms with van der Waals surface area (Å²) in [5.74, 6) is -1.59. The summed E-state index contributed by atoms with van der Waals surface area (Å²) in [6, 6.07) is 7.88. The number of hydrogen-bond donors (Lipinski definition) is 1. The third-order valence-electron chi connectivity index (χ3n) is 3.99. The first-order chi connectivity index (χ1) is 13.2. The Hall–Kier alpha value is -2.87. The predicted molar refractivity (Wildman–Crippen MR) is 104 cm³/mol. The summed E-state index contributed by atoms with van der Waals surface area (Å²) in [5, 5.41) is 6.81. The van der Waals surface area contributed by atoms with Crippen molar-refractivity contribution >= 4 is 29.4 Å². The lowest BCUT2D eigenvalue weighted by Gasteiger charge is -2.11. The fraction of sp³-hybridized carbons (Fsp3) is 0.368. The van der Waals surface area contributed by atoms with E-state index in [1.807, 2.05) is 31.2 Å². The molecule has 0 atom stereocenters. The minimum absolute atomic E-state index is 0.117. The van der Waals surface area contributed by atoms with Crippen molar-refractivity contribution in [3.8, 4) is 0 Å². The van der Waals surface area contributed by atoms with Crippen molar-refractivity contribution in [2.75, 3.05) is 27.2 Å². The molecule has 0 bridgehead atoms. The Labute approximate surface area is 168 Å². The Morgan fingerprint density at radius 2 is 1.82 bits per heavy atom. The maximum atomic E-state index is 12.3. The maximum absolute atomic E-state index is 12.3. The second kappa shape index (κ2) is 9.36. The number of hydrogen-bond acceptors (Lipinski definition) is 5. The number of rotatable bonds is 7. The molecule has 0 aliphatic heterocycles. The van der Waals surface area contributed by atoms with Crippen LogP contribution in [0.25, 0.3) is 0 Å². The van der Waals surface area contributed by atoms with Crippen LogP contribution in [0.1, 0.15) is 27.2 Å². The van der Waals surface area contributed by atoms with Crippen LogP contribution in [0.15, 0.2) is 24.3 Å². The van der Waals surface area contributed by atoms with Crippen LogP contribution in [-0.2, 0) is 20.9 Å². The number of halogens is 1. The lowest BCUT2D eigenvalue weighted by molar-refractivity contribution is -0.131. The van der Waals surface area contributed by atoms with E-state index in [1.54, 1.807) is 21.0 Å². The summed E-state index contributed by atoms with van der Waals surface area (Å²) in [6.07, 6.45) is 0. The van der Waals surface area contributed by atoms with Crippen molar-refractivity contribution in [2.45, 2.75) is 20.4 Å². The number of aryl methyl sites for hydroxylation is 2.